The molecular formula is C25H38INO5S. The van der Waals surface area contributed by atoms with Crippen molar-refractivity contribution >= 4 is 38.7 Å². The van der Waals surface area contributed by atoms with Gasteiger partial charge in [0.2, 0.25) is 0 Å². The van der Waals surface area contributed by atoms with E-state index in [1.54, 1.807) is 6.07 Å². The quantitative estimate of drug-likeness (QED) is 0.0780. The first-order valence-corrected chi connectivity index (χ1v) is 14.4. The van der Waals surface area contributed by atoms with Crippen LogP contribution >= 0.6 is 22.6 Å². The van der Waals surface area contributed by atoms with Gasteiger partial charge < -0.3 is 13.8 Å². The molecule has 1 aliphatic heterocycles. The number of unbranched alkanes of at least 4 members (excludes halogenated alkanes) is 7. The van der Waals surface area contributed by atoms with Crippen molar-refractivity contribution in [2.45, 2.75) is 76.0 Å². The molecule has 0 N–H and O–H groups in total. The van der Waals surface area contributed by atoms with Gasteiger partial charge in [0, 0.05) is 35.4 Å². The maximum Gasteiger partial charge on any atom is 0.361 e. The SMILES string of the molecule is CCCCCCCCCCOC(=O)C[N+]1(CC#CI)CCCC1.O=S(=O)([O-])c1ccccc1. The molecule has 0 spiro atoms. The van der Waals surface area contributed by atoms with Crippen LogP contribution in [-0.4, -0.2) is 56.2 Å². The first-order valence-electron chi connectivity index (χ1n) is 11.9. The van der Waals surface area contributed by atoms with E-state index in [9.17, 15) is 17.8 Å². The molecule has 0 unspecified atom stereocenters. The van der Waals surface area contributed by atoms with E-state index < -0.39 is 10.1 Å². The predicted molar refractivity (Wildman–Crippen MR) is 139 cm³/mol. The Morgan fingerprint density at radius 2 is 1.61 bits per heavy atom. The summed E-state index contributed by atoms with van der Waals surface area (Å²) in [5.41, 5.74) is 0. The first kappa shape index (κ1) is 29.9. The van der Waals surface area contributed by atoms with Gasteiger partial charge in [-0.3, -0.25) is 0 Å². The molecule has 33 heavy (non-hydrogen) atoms. The van der Waals surface area contributed by atoms with Crippen molar-refractivity contribution < 1.29 is 27.0 Å². The summed E-state index contributed by atoms with van der Waals surface area (Å²) in [6, 6.07) is 7.19. The zero-order valence-electron chi connectivity index (χ0n) is 19.8. The Labute approximate surface area is 213 Å². The standard InChI is InChI=1S/C19H33INO2.C6H6O3S/c1-2-3-4-5-6-7-8-11-17-23-19(22)18-21(16-12-13-20)14-9-10-15-21;7-10(8,9)6-4-2-1-3-5-6/h2-11,14-18H2,1H3;1-5H,(H,7,8,9)/q+1;/p-1. The van der Waals surface area contributed by atoms with Gasteiger partial charge in [-0.2, -0.15) is 0 Å². The van der Waals surface area contributed by atoms with Crippen molar-refractivity contribution in [3.05, 3.63) is 30.3 Å². The van der Waals surface area contributed by atoms with Crippen LogP contribution in [0.4, 0.5) is 0 Å². The van der Waals surface area contributed by atoms with Crippen molar-refractivity contribution in [3.63, 3.8) is 0 Å². The molecule has 0 amide bonds. The molecule has 0 aliphatic carbocycles. The maximum absolute atomic E-state index is 12.1. The van der Waals surface area contributed by atoms with Crippen molar-refractivity contribution in [2.24, 2.45) is 0 Å². The molecule has 0 saturated carbocycles. The van der Waals surface area contributed by atoms with E-state index in [0.717, 1.165) is 30.5 Å². The van der Waals surface area contributed by atoms with Crippen molar-refractivity contribution in [1.29, 1.82) is 0 Å². The highest BCUT2D eigenvalue weighted by atomic mass is 127. The molecule has 186 valence electrons. The van der Waals surface area contributed by atoms with Gasteiger partial charge in [0.05, 0.1) is 24.6 Å². The summed E-state index contributed by atoms with van der Waals surface area (Å²) in [5.74, 6) is 3.11. The molecule has 1 aromatic carbocycles. The van der Waals surface area contributed by atoms with Crippen LogP contribution in [0.5, 0.6) is 0 Å². The largest absolute Gasteiger partial charge is 0.744 e. The van der Waals surface area contributed by atoms with Gasteiger partial charge in [-0.05, 0) is 28.4 Å². The van der Waals surface area contributed by atoms with Crippen molar-refractivity contribution in [2.75, 3.05) is 32.8 Å². The van der Waals surface area contributed by atoms with Crippen LogP contribution in [0.15, 0.2) is 35.2 Å². The van der Waals surface area contributed by atoms with E-state index >= 15 is 0 Å². The van der Waals surface area contributed by atoms with Gasteiger partial charge in [0.25, 0.3) is 0 Å². The number of carbonyl (C=O) groups is 1. The second kappa shape index (κ2) is 17.3. The number of ether oxygens (including phenoxy) is 1. The van der Waals surface area contributed by atoms with E-state index in [-0.39, 0.29) is 10.9 Å². The number of likely N-dealkylation sites (tertiary alicyclic amines) is 1. The fraction of sp³-hybridized carbons (Fsp3) is 0.640. The highest BCUT2D eigenvalue weighted by molar-refractivity contribution is 14.1. The molecule has 0 atom stereocenters. The normalized spacial score (nSPS) is 14.5. The van der Waals surface area contributed by atoms with E-state index in [0.29, 0.717) is 13.2 Å². The highest BCUT2D eigenvalue weighted by Gasteiger charge is 2.34. The van der Waals surface area contributed by atoms with Gasteiger partial charge in [0.15, 0.2) is 6.54 Å². The van der Waals surface area contributed by atoms with Gasteiger partial charge in [0.1, 0.15) is 16.7 Å². The average molecular weight is 592 g/mol. The fourth-order valence-electron chi connectivity index (χ4n) is 3.90. The number of halogens is 1. The molecule has 1 heterocycles. The van der Waals surface area contributed by atoms with Crippen LogP contribution in [0.3, 0.4) is 0 Å². The lowest BCUT2D eigenvalue weighted by Gasteiger charge is -2.30. The average Bonchev–Trinajstić information content (AvgIpc) is 3.25. The minimum absolute atomic E-state index is 0.0369. The van der Waals surface area contributed by atoms with Crippen LogP contribution in [-0.2, 0) is 19.6 Å². The fourth-order valence-corrected chi connectivity index (χ4v) is 4.57. The maximum atomic E-state index is 12.1. The summed E-state index contributed by atoms with van der Waals surface area (Å²) in [5, 5.41) is 0. The summed E-state index contributed by atoms with van der Waals surface area (Å²) in [6.45, 7) is 6.26. The zero-order chi connectivity index (χ0) is 24.4. The number of esters is 1. The molecule has 0 bridgehead atoms. The summed E-state index contributed by atoms with van der Waals surface area (Å²) in [7, 11) is -4.25. The lowest BCUT2D eigenvalue weighted by molar-refractivity contribution is -0.902. The Morgan fingerprint density at radius 1 is 1.03 bits per heavy atom. The number of nitrogens with zero attached hydrogens (tertiary/aromatic N) is 1. The molecule has 0 radical (unpaired) electrons. The van der Waals surface area contributed by atoms with Crippen molar-refractivity contribution in [3.8, 4) is 9.85 Å². The minimum Gasteiger partial charge on any atom is -0.744 e. The van der Waals surface area contributed by atoms with Gasteiger partial charge in [-0.15, -0.1) is 0 Å². The Bertz CT molecular complexity index is 827. The number of quaternary nitrogens is 1. The third kappa shape index (κ3) is 14.0. The van der Waals surface area contributed by atoms with Gasteiger partial charge >= 0.3 is 5.97 Å². The number of benzene rings is 1. The molecule has 2 rings (SSSR count). The molecule has 1 saturated heterocycles. The summed E-state index contributed by atoms with van der Waals surface area (Å²) in [6.07, 6.45) is 12.6. The number of hydrogen-bond acceptors (Lipinski definition) is 5. The molecule has 1 aliphatic rings. The van der Waals surface area contributed by atoms with Crippen LogP contribution in [0.1, 0.15) is 71.1 Å². The molecule has 8 heteroatoms. The number of hydrogen-bond donors (Lipinski definition) is 0. The van der Waals surface area contributed by atoms with Crippen LogP contribution in [0.25, 0.3) is 0 Å². The topological polar surface area (TPSA) is 83.5 Å². The lowest BCUT2D eigenvalue weighted by Crippen LogP contribution is -2.49. The van der Waals surface area contributed by atoms with E-state index in [1.165, 1.54) is 82.1 Å². The number of rotatable bonds is 13. The van der Waals surface area contributed by atoms with Crippen LogP contribution in [0.2, 0.25) is 0 Å². The van der Waals surface area contributed by atoms with Crippen LogP contribution < -0.4 is 0 Å². The summed E-state index contributed by atoms with van der Waals surface area (Å²) < 4.78 is 40.0. The third-order valence-corrected chi connectivity index (χ3v) is 6.98. The molecule has 6 nitrogen and oxygen atoms in total. The molecule has 1 fully saturated rings. The second-order valence-corrected chi connectivity index (χ2v) is 10.5. The van der Waals surface area contributed by atoms with Gasteiger partial charge in [-0.1, -0.05) is 70.1 Å². The Balaban J connectivity index is 0.000000451. The van der Waals surface area contributed by atoms with E-state index in [2.05, 4.69) is 39.4 Å². The smallest absolute Gasteiger partial charge is 0.361 e. The highest BCUT2D eigenvalue weighted by Crippen LogP contribution is 2.19. The van der Waals surface area contributed by atoms with E-state index in [4.69, 9.17) is 4.74 Å². The monoisotopic (exact) mass is 591 g/mol. The Kier molecular flexibility index (Phi) is 15.7. The summed E-state index contributed by atoms with van der Waals surface area (Å²) >= 11 is 2.07. The second-order valence-electron chi connectivity index (χ2n) is 8.55. The molecule has 0 aromatic heterocycles. The molecular weight excluding hydrogens is 553 g/mol. The number of carbonyl (C=O) groups excluding carboxylic acids is 1. The zero-order valence-corrected chi connectivity index (χ0v) is 22.7. The third-order valence-electron chi connectivity index (χ3n) is 5.75. The lowest BCUT2D eigenvalue weighted by atomic mass is 10.1. The minimum atomic E-state index is -4.25. The Morgan fingerprint density at radius 3 is 2.12 bits per heavy atom. The molecule has 1 aromatic rings. The van der Waals surface area contributed by atoms with Crippen molar-refractivity contribution in [1.82, 2.24) is 0 Å². The van der Waals surface area contributed by atoms with E-state index in [1.807, 2.05) is 0 Å². The predicted octanol–water partition coefficient (Wildman–Crippen LogP) is 5.27. The summed E-state index contributed by atoms with van der Waals surface area (Å²) in [4.78, 5) is 11.9. The first-order chi connectivity index (χ1) is 15.8. The van der Waals surface area contributed by atoms with Crippen LogP contribution in [0, 0.1) is 9.85 Å². The Hall–Kier alpha value is -1.15. The van der Waals surface area contributed by atoms with Gasteiger partial charge in [-0.25, -0.2) is 13.2 Å².